The van der Waals surface area contributed by atoms with Crippen LogP contribution in [-0.2, 0) is 10.4 Å². The van der Waals surface area contributed by atoms with Crippen molar-refractivity contribution in [3.05, 3.63) is 48.3 Å². The molecule has 3 fully saturated rings. The number of hydrogen-bond donors (Lipinski definition) is 2. The third kappa shape index (κ3) is 2.87. The quantitative estimate of drug-likeness (QED) is 0.768. The number of hydrogen-bond acceptors (Lipinski definition) is 3. The van der Waals surface area contributed by atoms with Gasteiger partial charge in [0.2, 0.25) is 0 Å². The van der Waals surface area contributed by atoms with Crippen LogP contribution < -0.4 is 5.32 Å². The van der Waals surface area contributed by atoms with Gasteiger partial charge in [-0.15, -0.1) is 6.58 Å². The highest BCUT2D eigenvalue weighted by Crippen LogP contribution is 2.48. The van der Waals surface area contributed by atoms with Crippen molar-refractivity contribution in [3.63, 3.8) is 0 Å². The van der Waals surface area contributed by atoms with Crippen molar-refractivity contribution >= 4 is 5.91 Å². The number of nitrogens with one attached hydrogen (secondary N) is 1. The Morgan fingerprint density at radius 3 is 2.46 bits per heavy atom. The van der Waals surface area contributed by atoms with Gasteiger partial charge in [0, 0.05) is 31.6 Å². The molecule has 3 unspecified atom stereocenters. The van der Waals surface area contributed by atoms with Gasteiger partial charge in [-0.3, -0.25) is 4.79 Å². The predicted octanol–water partition coefficient (Wildman–Crippen LogP) is 2.44. The van der Waals surface area contributed by atoms with E-state index in [-0.39, 0.29) is 17.6 Å². The molecule has 1 saturated heterocycles. The molecule has 2 aliphatic carbocycles. The van der Waals surface area contributed by atoms with Gasteiger partial charge in [-0.1, -0.05) is 31.1 Å². The maximum Gasteiger partial charge on any atom is 0.259 e. The molecule has 3 atom stereocenters. The molecular formula is C21H27FN2O2. The van der Waals surface area contributed by atoms with Crippen molar-refractivity contribution in [2.45, 2.75) is 37.3 Å². The van der Waals surface area contributed by atoms with Crippen molar-refractivity contribution in [2.24, 2.45) is 17.8 Å². The van der Waals surface area contributed by atoms with Crippen LogP contribution >= 0.6 is 0 Å². The molecule has 3 aliphatic rings. The van der Waals surface area contributed by atoms with Crippen LogP contribution in [0.25, 0.3) is 0 Å². The topological polar surface area (TPSA) is 52.6 Å². The van der Waals surface area contributed by atoms with Crippen LogP contribution in [0.1, 0.15) is 31.2 Å². The average molecular weight is 358 g/mol. The Morgan fingerprint density at radius 1 is 1.27 bits per heavy atom. The van der Waals surface area contributed by atoms with Gasteiger partial charge in [-0.2, -0.15) is 0 Å². The molecule has 1 aromatic carbocycles. The first kappa shape index (κ1) is 17.7. The fraction of sp³-hybridized carbons (Fsp3) is 0.571. The number of aliphatic hydroxyl groups is 1. The van der Waals surface area contributed by atoms with Gasteiger partial charge in [0.15, 0.2) is 5.60 Å². The van der Waals surface area contributed by atoms with Gasteiger partial charge in [-0.05, 0) is 42.4 Å². The molecule has 5 heteroatoms. The van der Waals surface area contributed by atoms with E-state index >= 15 is 0 Å². The van der Waals surface area contributed by atoms with Crippen molar-refractivity contribution in [3.8, 4) is 0 Å². The second kappa shape index (κ2) is 6.78. The minimum absolute atomic E-state index is 0.0907. The van der Waals surface area contributed by atoms with Gasteiger partial charge >= 0.3 is 0 Å². The number of likely N-dealkylation sites (tertiary alicyclic amines) is 1. The highest BCUT2D eigenvalue weighted by atomic mass is 19.1. The van der Waals surface area contributed by atoms with Gasteiger partial charge < -0.3 is 15.3 Å². The summed E-state index contributed by atoms with van der Waals surface area (Å²) < 4.78 is 13.4. The Bertz CT molecular complexity index is 674. The lowest BCUT2D eigenvalue weighted by molar-refractivity contribution is -0.158. The maximum absolute atomic E-state index is 13.4. The molecule has 26 heavy (non-hydrogen) atoms. The third-order valence-corrected chi connectivity index (χ3v) is 6.54. The van der Waals surface area contributed by atoms with Crippen LogP contribution in [0.4, 0.5) is 4.39 Å². The lowest BCUT2D eigenvalue weighted by Crippen LogP contribution is -2.51. The summed E-state index contributed by atoms with van der Waals surface area (Å²) in [5, 5.41) is 15.0. The summed E-state index contributed by atoms with van der Waals surface area (Å²) in [7, 11) is 0. The Morgan fingerprint density at radius 2 is 1.88 bits per heavy atom. The van der Waals surface area contributed by atoms with Crippen LogP contribution in [-0.4, -0.2) is 41.6 Å². The first-order valence-electron chi connectivity index (χ1n) is 9.67. The predicted molar refractivity (Wildman–Crippen MR) is 97.8 cm³/mol. The van der Waals surface area contributed by atoms with E-state index < -0.39 is 5.60 Å². The number of carbonyl (C=O) groups excluding carboxylic acids is 1. The number of piperidine rings is 1. The third-order valence-electron chi connectivity index (χ3n) is 6.54. The van der Waals surface area contributed by atoms with Gasteiger partial charge in [0.25, 0.3) is 5.91 Å². The minimum Gasteiger partial charge on any atom is -0.375 e. The molecule has 1 aromatic rings. The Labute approximate surface area is 154 Å². The normalized spacial score (nSPS) is 30.1. The molecule has 1 amide bonds. The van der Waals surface area contributed by atoms with E-state index in [0.29, 0.717) is 36.5 Å². The second-order valence-corrected chi connectivity index (χ2v) is 8.02. The zero-order valence-corrected chi connectivity index (χ0v) is 15.0. The number of amides is 1. The zero-order valence-electron chi connectivity index (χ0n) is 15.0. The van der Waals surface area contributed by atoms with Crippen LogP contribution in [0.15, 0.2) is 36.9 Å². The van der Waals surface area contributed by atoms with Gasteiger partial charge in [0.1, 0.15) is 5.82 Å². The van der Waals surface area contributed by atoms with Crippen molar-refractivity contribution < 1.29 is 14.3 Å². The van der Waals surface area contributed by atoms with Gasteiger partial charge in [0.05, 0.1) is 0 Å². The maximum atomic E-state index is 13.4. The molecular weight excluding hydrogens is 331 g/mol. The molecule has 1 aliphatic heterocycles. The molecule has 0 aromatic heterocycles. The number of benzene rings is 1. The highest BCUT2D eigenvalue weighted by Gasteiger charge is 2.59. The molecule has 0 spiro atoms. The summed E-state index contributed by atoms with van der Waals surface area (Å²) >= 11 is 0. The SMILES string of the molecule is C=CCNC1C2CN(C(=O)C(O)(c3ccc(F)cc3)C3CCCC3)CC21. The Hall–Kier alpha value is -1.72. The highest BCUT2D eigenvalue weighted by molar-refractivity contribution is 5.87. The van der Waals surface area contributed by atoms with Crippen LogP contribution in [0.5, 0.6) is 0 Å². The van der Waals surface area contributed by atoms with Crippen LogP contribution in [0, 0.1) is 23.6 Å². The van der Waals surface area contributed by atoms with E-state index in [2.05, 4.69) is 11.9 Å². The fourth-order valence-electron chi connectivity index (χ4n) is 5.04. The van der Waals surface area contributed by atoms with Crippen LogP contribution in [0.2, 0.25) is 0 Å². The lowest BCUT2D eigenvalue weighted by atomic mass is 9.79. The Kier molecular flexibility index (Phi) is 4.61. The van der Waals surface area contributed by atoms with E-state index in [4.69, 9.17) is 0 Å². The number of rotatable bonds is 6. The largest absolute Gasteiger partial charge is 0.375 e. The average Bonchev–Trinajstić information content (AvgIpc) is 3.09. The summed E-state index contributed by atoms with van der Waals surface area (Å²) in [6.07, 6.45) is 5.58. The molecule has 0 radical (unpaired) electrons. The number of nitrogens with zero attached hydrogens (tertiary/aromatic N) is 1. The standard InChI is InChI=1S/C21H27FN2O2/c1-2-11-23-19-17-12-24(13-18(17)19)20(25)21(26,14-5-3-4-6-14)15-7-9-16(22)10-8-15/h2,7-10,14,17-19,23,26H,1,3-6,11-13H2. The monoisotopic (exact) mass is 358 g/mol. The summed E-state index contributed by atoms with van der Waals surface area (Å²) in [6.45, 7) is 5.89. The lowest BCUT2D eigenvalue weighted by Gasteiger charge is -2.37. The molecule has 2 N–H and O–H groups in total. The molecule has 1 heterocycles. The summed E-state index contributed by atoms with van der Waals surface area (Å²) in [5.41, 5.74) is -1.01. The van der Waals surface area contributed by atoms with Crippen molar-refractivity contribution in [1.82, 2.24) is 10.2 Å². The van der Waals surface area contributed by atoms with E-state index in [0.717, 1.165) is 32.2 Å². The smallest absolute Gasteiger partial charge is 0.259 e. The fourth-order valence-corrected chi connectivity index (χ4v) is 5.04. The second-order valence-electron chi connectivity index (χ2n) is 8.02. The molecule has 140 valence electrons. The van der Waals surface area contributed by atoms with E-state index in [1.165, 1.54) is 12.1 Å². The minimum atomic E-state index is -1.54. The summed E-state index contributed by atoms with van der Waals surface area (Å²) in [4.78, 5) is 15.2. The zero-order chi connectivity index (χ0) is 18.3. The first-order chi connectivity index (χ1) is 12.6. The molecule has 4 rings (SSSR count). The molecule has 2 saturated carbocycles. The van der Waals surface area contributed by atoms with Crippen molar-refractivity contribution in [1.29, 1.82) is 0 Å². The number of carbonyl (C=O) groups is 1. The summed E-state index contributed by atoms with van der Waals surface area (Å²) in [5.74, 6) is 0.297. The Balaban J connectivity index is 1.53. The summed E-state index contributed by atoms with van der Waals surface area (Å²) in [6, 6.07) is 6.26. The molecule has 4 nitrogen and oxygen atoms in total. The number of halogens is 1. The van der Waals surface area contributed by atoms with Crippen molar-refractivity contribution in [2.75, 3.05) is 19.6 Å². The van der Waals surface area contributed by atoms with E-state index in [1.807, 2.05) is 11.0 Å². The van der Waals surface area contributed by atoms with E-state index in [9.17, 15) is 14.3 Å². The number of fused-ring (bicyclic) bond motifs is 1. The van der Waals surface area contributed by atoms with Gasteiger partial charge in [-0.25, -0.2) is 4.39 Å². The van der Waals surface area contributed by atoms with Crippen LogP contribution in [0.3, 0.4) is 0 Å². The first-order valence-corrected chi connectivity index (χ1v) is 9.67. The van der Waals surface area contributed by atoms with E-state index in [1.54, 1.807) is 12.1 Å². The molecule has 0 bridgehead atoms.